The highest BCUT2D eigenvalue weighted by Crippen LogP contribution is 2.30. The molecule has 3 aromatic rings. The Labute approximate surface area is 187 Å². The van der Waals surface area contributed by atoms with E-state index in [9.17, 15) is 10.1 Å². The van der Waals surface area contributed by atoms with Crippen LogP contribution in [0.15, 0.2) is 66.7 Å². The third-order valence-corrected chi connectivity index (χ3v) is 5.40. The monoisotopic (exact) mass is 427 g/mol. The van der Waals surface area contributed by atoms with Crippen molar-refractivity contribution >= 4 is 5.91 Å². The smallest absolute Gasteiger partial charge is 0.258 e. The first-order valence-corrected chi connectivity index (χ1v) is 10.5. The number of pyridine rings is 1. The maximum Gasteiger partial charge on any atom is 0.258 e. The van der Waals surface area contributed by atoms with E-state index >= 15 is 0 Å². The summed E-state index contributed by atoms with van der Waals surface area (Å²) in [6.45, 7) is 4.16. The number of nitrogens with one attached hydrogen (secondary N) is 1. The van der Waals surface area contributed by atoms with E-state index in [-0.39, 0.29) is 30.0 Å². The molecular weight excluding hydrogens is 402 g/mol. The van der Waals surface area contributed by atoms with E-state index in [1.807, 2.05) is 74.5 Å². The van der Waals surface area contributed by atoms with Gasteiger partial charge in [0.2, 0.25) is 5.88 Å². The van der Waals surface area contributed by atoms with Gasteiger partial charge < -0.3 is 14.8 Å². The lowest BCUT2D eigenvalue weighted by Gasteiger charge is -2.31. The number of benzene rings is 2. The van der Waals surface area contributed by atoms with Gasteiger partial charge in [-0.15, -0.1) is 0 Å². The van der Waals surface area contributed by atoms with Crippen LogP contribution in [0.4, 0.5) is 0 Å². The Hall–Kier alpha value is -3.69. The molecule has 0 unspecified atom stereocenters. The maximum absolute atomic E-state index is 12.8. The molecule has 0 saturated carbocycles. The third kappa shape index (κ3) is 4.96. The van der Waals surface area contributed by atoms with Crippen LogP contribution < -0.4 is 10.1 Å². The number of carbonyl (C=O) groups excluding carboxylic acids is 1. The highest BCUT2D eigenvalue weighted by Gasteiger charge is 2.28. The van der Waals surface area contributed by atoms with Crippen LogP contribution in [-0.2, 0) is 22.6 Å². The number of fused-ring (bicyclic) bond motifs is 1. The summed E-state index contributed by atoms with van der Waals surface area (Å²) in [6, 6.07) is 23.1. The Bertz CT molecular complexity index is 1100. The Kier molecular flexibility index (Phi) is 6.20. The lowest BCUT2D eigenvalue weighted by atomic mass is 9.95. The molecular formula is C26H25N3O3. The van der Waals surface area contributed by atoms with E-state index in [1.165, 1.54) is 0 Å². The molecule has 6 heteroatoms. The van der Waals surface area contributed by atoms with Crippen LogP contribution in [0.25, 0.3) is 0 Å². The number of nitriles is 1. The van der Waals surface area contributed by atoms with Gasteiger partial charge >= 0.3 is 0 Å². The van der Waals surface area contributed by atoms with Gasteiger partial charge in [0.1, 0.15) is 11.6 Å². The molecule has 2 heterocycles. The van der Waals surface area contributed by atoms with E-state index in [1.54, 1.807) is 6.07 Å². The number of nitrogens with zero attached hydrogens (tertiary/aromatic N) is 2. The molecule has 1 N–H and O–H groups in total. The summed E-state index contributed by atoms with van der Waals surface area (Å²) in [5, 5.41) is 12.6. The quantitative estimate of drug-likeness (QED) is 0.641. The molecule has 1 aliphatic rings. The predicted molar refractivity (Wildman–Crippen MR) is 120 cm³/mol. The second-order valence-corrected chi connectivity index (χ2v) is 8.39. The van der Waals surface area contributed by atoms with Gasteiger partial charge in [0.15, 0.2) is 6.61 Å². The van der Waals surface area contributed by atoms with Crippen molar-refractivity contribution in [2.24, 2.45) is 0 Å². The first kappa shape index (κ1) is 21.5. The minimum Gasteiger partial charge on any atom is -0.467 e. The highest BCUT2D eigenvalue weighted by atomic mass is 16.5. The van der Waals surface area contributed by atoms with E-state index in [4.69, 9.17) is 9.47 Å². The Balaban J connectivity index is 1.50. The summed E-state index contributed by atoms with van der Waals surface area (Å²) in [4.78, 5) is 17.3. The number of aromatic nitrogens is 1. The largest absolute Gasteiger partial charge is 0.467 e. The fraction of sp³-hybridized carbons (Fsp3) is 0.269. The highest BCUT2D eigenvalue weighted by molar-refractivity contribution is 5.78. The molecule has 4 rings (SSSR count). The first-order chi connectivity index (χ1) is 15.4. The van der Waals surface area contributed by atoms with Crippen molar-refractivity contribution in [3.05, 3.63) is 94.7 Å². The standard InChI is InChI=1S/C26H25N3O3/c1-26(2)14-22-21(16-32-26)13-20(15-27)25(28-22)31-17-23(30)29-24(18-9-5-3-6-10-18)19-11-7-4-8-12-19/h3-13,24H,14,16-17H2,1-2H3,(H,29,30). The molecule has 0 fully saturated rings. The Morgan fingerprint density at radius 2 is 1.78 bits per heavy atom. The van der Waals surface area contributed by atoms with Crippen molar-refractivity contribution in [2.45, 2.75) is 38.5 Å². The van der Waals surface area contributed by atoms with E-state index in [2.05, 4.69) is 16.4 Å². The molecule has 1 aromatic heterocycles. The summed E-state index contributed by atoms with van der Waals surface area (Å²) in [7, 11) is 0. The number of rotatable bonds is 6. The van der Waals surface area contributed by atoms with Crippen LogP contribution in [0.2, 0.25) is 0 Å². The van der Waals surface area contributed by atoms with Crippen LogP contribution in [-0.4, -0.2) is 23.1 Å². The van der Waals surface area contributed by atoms with Gasteiger partial charge in [-0.3, -0.25) is 4.79 Å². The Morgan fingerprint density at radius 3 is 2.38 bits per heavy atom. The van der Waals surface area contributed by atoms with E-state index in [0.717, 1.165) is 22.4 Å². The lowest BCUT2D eigenvalue weighted by Crippen LogP contribution is -2.34. The molecule has 0 saturated heterocycles. The average molecular weight is 428 g/mol. The van der Waals surface area contributed by atoms with Gasteiger partial charge in [-0.05, 0) is 31.0 Å². The van der Waals surface area contributed by atoms with Crippen molar-refractivity contribution in [1.29, 1.82) is 5.26 Å². The van der Waals surface area contributed by atoms with Crippen molar-refractivity contribution in [3.8, 4) is 11.9 Å². The fourth-order valence-electron chi connectivity index (χ4n) is 3.76. The minimum atomic E-state index is -0.332. The Morgan fingerprint density at radius 1 is 1.16 bits per heavy atom. The summed E-state index contributed by atoms with van der Waals surface area (Å²) in [5.74, 6) is -0.121. The van der Waals surface area contributed by atoms with Gasteiger partial charge in [-0.2, -0.15) is 5.26 Å². The normalized spacial score (nSPS) is 14.3. The summed E-state index contributed by atoms with van der Waals surface area (Å²) in [6.07, 6.45) is 0.612. The number of ether oxygens (including phenoxy) is 2. The molecule has 0 aliphatic carbocycles. The number of hydrogen-bond acceptors (Lipinski definition) is 5. The molecule has 0 atom stereocenters. The average Bonchev–Trinajstić information content (AvgIpc) is 2.81. The molecule has 1 amide bonds. The van der Waals surface area contributed by atoms with Crippen LogP contribution >= 0.6 is 0 Å². The molecule has 0 spiro atoms. The van der Waals surface area contributed by atoms with Gasteiger partial charge in [0.05, 0.1) is 23.9 Å². The number of hydrogen-bond donors (Lipinski definition) is 1. The summed E-state index contributed by atoms with van der Waals surface area (Å²) in [5.41, 5.74) is 3.62. The van der Waals surface area contributed by atoms with Crippen LogP contribution in [0, 0.1) is 11.3 Å². The van der Waals surface area contributed by atoms with Crippen molar-refractivity contribution in [2.75, 3.05) is 6.61 Å². The SMILES string of the molecule is CC1(C)Cc2nc(OCC(=O)NC(c3ccccc3)c3ccccc3)c(C#N)cc2CO1. The maximum atomic E-state index is 12.8. The molecule has 0 bridgehead atoms. The van der Waals surface area contributed by atoms with Gasteiger partial charge in [-0.25, -0.2) is 4.98 Å². The second kappa shape index (κ2) is 9.21. The van der Waals surface area contributed by atoms with Crippen LogP contribution in [0.5, 0.6) is 5.88 Å². The molecule has 1 aliphatic heterocycles. The number of amides is 1. The van der Waals surface area contributed by atoms with E-state index in [0.29, 0.717) is 18.6 Å². The third-order valence-electron chi connectivity index (χ3n) is 5.40. The zero-order valence-electron chi connectivity index (χ0n) is 18.2. The molecule has 0 radical (unpaired) electrons. The summed E-state index contributed by atoms with van der Waals surface area (Å²) < 4.78 is 11.5. The molecule has 6 nitrogen and oxygen atoms in total. The van der Waals surface area contributed by atoms with Crippen LogP contribution in [0.3, 0.4) is 0 Å². The topological polar surface area (TPSA) is 84.2 Å². The molecule has 2 aromatic carbocycles. The van der Waals surface area contributed by atoms with Crippen molar-refractivity contribution in [1.82, 2.24) is 10.3 Å². The molecule has 162 valence electrons. The van der Waals surface area contributed by atoms with Gasteiger partial charge in [0.25, 0.3) is 5.91 Å². The minimum absolute atomic E-state index is 0.176. The second-order valence-electron chi connectivity index (χ2n) is 8.39. The van der Waals surface area contributed by atoms with Gasteiger partial charge in [-0.1, -0.05) is 60.7 Å². The number of carbonyl (C=O) groups is 1. The van der Waals surface area contributed by atoms with Gasteiger partial charge in [0, 0.05) is 12.0 Å². The molecule has 32 heavy (non-hydrogen) atoms. The summed E-state index contributed by atoms with van der Waals surface area (Å²) >= 11 is 0. The predicted octanol–water partition coefficient (Wildman–Crippen LogP) is 4.09. The zero-order chi connectivity index (χ0) is 22.6. The van der Waals surface area contributed by atoms with Crippen LogP contribution in [0.1, 0.15) is 47.8 Å². The van der Waals surface area contributed by atoms with Crippen molar-refractivity contribution < 1.29 is 14.3 Å². The first-order valence-electron chi connectivity index (χ1n) is 10.5. The fourth-order valence-corrected chi connectivity index (χ4v) is 3.76. The lowest BCUT2D eigenvalue weighted by molar-refractivity contribution is -0.123. The van der Waals surface area contributed by atoms with Crippen molar-refractivity contribution in [3.63, 3.8) is 0 Å². The zero-order valence-corrected chi connectivity index (χ0v) is 18.2. The van der Waals surface area contributed by atoms with E-state index < -0.39 is 0 Å².